The smallest absolute Gasteiger partial charge is 0.275 e. The highest BCUT2D eigenvalue weighted by Gasteiger charge is 2.33. The number of halogens is 1. The Morgan fingerprint density at radius 2 is 2.06 bits per heavy atom. The quantitative estimate of drug-likeness (QED) is 0.484. The molecule has 7 nitrogen and oxygen atoms in total. The summed E-state index contributed by atoms with van der Waals surface area (Å²) in [6.07, 6.45) is 2.90. The van der Waals surface area contributed by atoms with E-state index in [1.165, 1.54) is 12.3 Å². The molecule has 162 valence electrons. The third-order valence-electron chi connectivity index (χ3n) is 5.75. The summed E-state index contributed by atoms with van der Waals surface area (Å²) in [5.41, 5.74) is 4.81. The van der Waals surface area contributed by atoms with Crippen molar-refractivity contribution >= 4 is 28.3 Å². The van der Waals surface area contributed by atoms with Crippen LogP contribution >= 0.6 is 0 Å². The fourth-order valence-electron chi connectivity index (χ4n) is 4.28. The first kappa shape index (κ1) is 20.1. The first-order valence-corrected chi connectivity index (χ1v) is 10.6. The number of carbonyl (C=O) groups is 1. The predicted molar refractivity (Wildman–Crippen MR) is 120 cm³/mol. The fourth-order valence-corrected chi connectivity index (χ4v) is 4.28. The molecule has 1 aliphatic rings. The maximum Gasteiger partial charge on any atom is 0.275 e. The average molecular weight is 430 g/mol. The highest BCUT2D eigenvalue weighted by atomic mass is 19.1. The number of carbonyl (C=O) groups excluding carboxylic acids is 1. The number of amides is 1. The molecule has 0 aliphatic carbocycles. The molecule has 1 amide bonds. The minimum atomic E-state index is -0.386. The van der Waals surface area contributed by atoms with Gasteiger partial charge in [-0.1, -0.05) is 11.6 Å². The van der Waals surface area contributed by atoms with Gasteiger partial charge in [0.15, 0.2) is 5.69 Å². The van der Waals surface area contributed by atoms with Crippen molar-refractivity contribution in [2.75, 3.05) is 11.9 Å². The van der Waals surface area contributed by atoms with Crippen molar-refractivity contribution < 1.29 is 9.18 Å². The third-order valence-corrected chi connectivity index (χ3v) is 5.75. The van der Waals surface area contributed by atoms with Gasteiger partial charge in [0.1, 0.15) is 11.6 Å². The SMILES string of the molecule is Cc1ccc2[nH]nc(C(=O)N3CCC[C@@H]3c3cc(Nc4ccc(F)cn4)cc(C)n3)c2c1. The summed E-state index contributed by atoms with van der Waals surface area (Å²) in [6, 6.07) is 12.6. The molecule has 8 heteroatoms. The maximum absolute atomic E-state index is 13.5. The van der Waals surface area contributed by atoms with E-state index in [-0.39, 0.29) is 17.8 Å². The number of anilines is 2. The molecule has 5 rings (SSSR count). The van der Waals surface area contributed by atoms with Crippen LogP contribution in [0.25, 0.3) is 10.9 Å². The predicted octanol–water partition coefficient (Wildman–Crippen LogP) is 4.83. The Morgan fingerprint density at radius 3 is 2.88 bits per heavy atom. The van der Waals surface area contributed by atoms with E-state index in [1.54, 1.807) is 6.07 Å². The van der Waals surface area contributed by atoms with Gasteiger partial charge in [0.05, 0.1) is 23.4 Å². The lowest BCUT2D eigenvalue weighted by molar-refractivity contribution is 0.0728. The Balaban J connectivity index is 1.45. The molecular formula is C24H23FN6O. The number of benzene rings is 1. The summed E-state index contributed by atoms with van der Waals surface area (Å²) in [6.45, 7) is 4.57. The highest BCUT2D eigenvalue weighted by molar-refractivity contribution is 6.05. The van der Waals surface area contributed by atoms with E-state index < -0.39 is 0 Å². The number of hydrogen-bond acceptors (Lipinski definition) is 5. The van der Waals surface area contributed by atoms with Gasteiger partial charge in [0.2, 0.25) is 0 Å². The van der Waals surface area contributed by atoms with Crippen LogP contribution in [0.2, 0.25) is 0 Å². The first-order valence-electron chi connectivity index (χ1n) is 10.6. The second kappa shape index (κ2) is 8.03. The van der Waals surface area contributed by atoms with E-state index in [1.807, 2.05) is 49.1 Å². The largest absolute Gasteiger partial charge is 0.340 e. The Labute approximate surface area is 184 Å². The number of likely N-dealkylation sites (tertiary alicyclic amines) is 1. The zero-order valence-corrected chi connectivity index (χ0v) is 17.9. The molecule has 0 radical (unpaired) electrons. The normalized spacial score (nSPS) is 16.0. The van der Waals surface area contributed by atoms with Crippen LogP contribution in [-0.4, -0.2) is 37.5 Å². The number of fused-ring (bicyclic) bond motifs is 1. The molecule has 0 bridgehead atoms. The topological polar surface area (TPSA) is 86.8 Å². The van der Waals surface area contributed by atoms with E-state index in [0.717, 1.165) is 46.4 Å². The van der Waals surface area contributed by atoms with Gasteiger partial charge in [0.25, 0.3) is 5.91 Å². The lowest BCUT2D eigenvalue weighted by atomic mass is 10.1. The van der Waals surface area contributed by atoms with Gasteiger partial charge >= 0.3 is 0 Å². The summed E-state index contributed by atoms with van der Waals surface area (Å²) < 4.78 is 13.2. The molecule has 3 aromatic heterocycles. The van der Waals surface area contributed by atoms with E-state index in [9.17, 15) is 9.18 Å². The maximum atomic E-state index is 13.5. The summed E-state index contributed by atoms with van der Waals surface area (Å²) >= 11 is 0. The van der Waals surface area contributed by atoms with Gasteiger partial charge in [-0.2, -0.15) is 5.10 Å². The molecule has 2 N–H and O–H groups in total. The van der Waals surface area contributed by atoms with Gasteiger partial charge in [-0.3, -0.25) is 14.9 Å². The summed E-state index contributed by atoms with van der Waals surface area (Å²) in [7, 11) is 0. The van der Waals surface area contributed by atoms with Crippen LogP contribution in [0, 0.1) is 19.7 Å². The van der Waals surface area contributed by atoms with Crippen LogP contribution in [0.15, 0.2) is 48.7 Å². The summed E-state index contributed by atoms with van der Waals surface area (Å²) in [4.78, 5) is 24.1. The molecule has 4 aromatic rings. The van der Waals surface area contributed by atoms with Gasteiger partial charge in [-0.25, -0.2) is 9.37 Å². The van der Waals surface area contributed by atoms with E-state index in [2.05, 4.69) is 20.5 Å². The van der Waals surface area contributed by atoms with E-state index in [4.69, 9.17) is 4.98 Å². The number of aryl methyl sites for hydroxylation is 2. The van der Waals surface area contributed by atoms with Crippen molar-refractivity contribution in [2.24, 2.45) is 0 Å². The van der Waals surface area contributed by atoms with Crippen molar-refractivity contribution in [3.63, 3.8) is 0 Å². The van der Waals surface area contributed by atoms with Gasteiger partial charge in [0, 0.05) is 23.3 Å². The van der Waals surface area contributed by atoms with Crippen molar-refractivity contribution in [2.45, 2.75) is 32.7 Å². The first-order chi connectivity index (χ1) is 15.5. The number of pyridine rings is 2. The molecule has 1 fully saturated rings. The lowest BCUT2D eigenvalue weighted by Gasteiger charge is -2.24. The zero-order valence-electron chi connectivity index (χ0n) is 17.9. The fraction of sp³-hybridized carbons (Fsp3) is 0.250. The van der Waals surface area contributed by atoms with Crippen LogP contribution in [-0.2, 0) is 0 Å². The molecule has 1 atom stereocenters. The second-order valence-electron chi connectivity index (χ2n) is 8.19. The molecule has 0 saturated carbocycles. The number of aromatic amines is 1. The number of H-pyrrole nitrogens is 1. The standard InChI is InChI=1S/C24H23FN6O/c1-14-5-7-19-18(10-14)23(30-29-19)24(32)31-9-3-4-21(31)20-12-17(11-15(2)27-20)28-22-8-6-16(25)13-26-22/h5-8,10-13,21H,3-4,9H2,1-2H3,(H,29,30)(H,26,27,28)/t21-/m1/s1. The Kier molecular flexibility index (Phi) is 5.05. The average Bonchev–Trinajstić information content (AvgIpc) is 3.41. The minimum absolute atomic E-state index is 0.0950. The van der Waals surface area contributed by atoms with Crippen molar-refractivity contribution in [1.82, 2.24) is 25.1 Å². The lowest BCUT2D eigenvalue weighted by Crippen LogP contribution is -2.31. The van der Waals surface area contributed by atoms with Crippen molar-refractivity contribution in [3.05, 3.63) is 77.1 Å². The zero-order chi connectivity index (χ0) is 22.2. The molecule has 1 saturated heterocycles. The number of rotatable bonds is 4. The van der Waals surface area contributed by atoms with E-state index in [0.29, 0.717) is 18.1 Å². The highest BCUT2D eigenvalue weighted by Crippen LogP contribution is 2.34. The van der Waals surface area contributed by atoms with Gasteiger partial charge < -0.3 is 10.2 Å². The Bertz CT molecular complexity index is 1300. The monoisotopic (exact) mass is 430 g/mol. The van der Waals surface area contributed by atoms with Crippen molar-refractivity contribution in [3.8, 4) is 0 Å². The molecule has 0 spiro atoms. The molecular weight excluding hydrogens is 407 g/mol. The number of nitrogens with zero attached hydrogens (tertiary/aromatic N) is 4. The Morgan fingerprint density at radius 1 is 1.19 bits per heavy atom. The minimum Gasteiger partial charge on any atom is -0.340 e. The van der Waals surface area contributed by atoms with Crippen LogP contribution in [0.4, 0.5) is 15.9 Å². The second-order valence-corrected chi connectivity index (χ2v) is 8.19. The van der Waals surface area contributed by atoms with Crippen LogP contribution in [0.1, 0.15) is 46.3 Å². The molecule has 0 unspecified atom stereocenters. The van der Waals surface area contributed by atoms with Crippen LogP contribution < -0.4 is 5.32 Å². The molecule has 1 aliphatic heterocycles. The molecule has 4 heterocycles. The Hall–Kier alpha value is -3.81. The van der Waals surface area contributed by atoms with Gasteiger partial charge in [-0.05, 0) is 63.1 Å². The van der Waals surface area contributed by atoms with Crippen molar-refractivity contribution in [1.29, 1.82) is 0 Å². The molecule has 32 heavy (non-hydrogen) atoms. The summed E-state index contributed by atoms with van der Waals surface area (Å²) in [5.74, 6) is 0.0615. The van der Waals surface area contributed by atoms with Crippen LogP contribution in [0.5, 0.6) is 0 Å². The molecule has 1 aromatic carbocycles. The summed E-state index contributed by atoms with van der Waals surface area (Å²) in [5, 5.41) is 11.3. The number of hydrogen-bond donors (Lipinski definition) is 2. The van der Waals surface area contributed by atoms with Crippen LogP contribution in [0.3, 0.4) is 0 Å². The number of nitrogens with one attached hydrogen (secondary N) is 2. The van der Waals surface area contributed by atoms with E-state index >= 15 is 0 Å². The third kappa shape index (κ3) is 3.79. The number of aromatic nitrogens is 4. The van der Waals surface area contributed by atoms with Gasteiger partial charge in [-0.15, -0.1) is 0 Å².